The summed E-state index contributed by atoms with van der Waals surface area (Å²) in [6, 6.07) is 8.17. The lowest BCUT2D eigenvalue weighted by atomic mass is 10.2. The SMILES string of the molecule is O=C(Nc1cc2cc(Br)cc(Br)c2oc1=O)c1cccnc1Cl. The van der Waals surface area contributed by atoms with Gasteiger partial charge in [0.05, 0.1) is 10.0 Å². The van der Waals surface area contributed by atoms with Crippen LogP contribution in [0.1, 0.15) is 10.4 Å². The van der Waals surface area contributed by atoms with Crippen LogP contribution in [0.5, 0.6) is 0 Å². The van der Waals surface area contributed by atoms with Crippen LogP contribution < -0.4 is 10.9 Å². The number of pyridine rings is 1. The van der Waals surface area contributed by atoms with Crippen molar-refractivity contribution in [2.24, 2.45) is 0 Å². The Hall–Kier alpha value is -1.70. The van der Waals surface area contributed by atoms with Crippen molar-refractivity contribution < 1.29 is 9.21 Å². The number of nitrogens with one attached hydrogen (secondary N) is 1. The standard InChI is InChI=1S/C15H7Br2ClN2O3/c16-8-4-7-5-11(15(22)23-12(7)10(17)6-8)20-14(21)9-2-1-3-19-13(9)18/h1-6H,(H,20,21). The van der Waals surface area contributed by atoms with Crippen LogP contribution >= 0.6 is 43.5 Å². The van der Waals surface area contributed by atoms with Crippen molar-refractivity contribution in [3.05, 3.63) is 66.6 Å². The first-order valence-electron chi connectivity index (χ1n) is 6.30. The second-order valence-electron chi connectivity index (χ2n) is 4.55. The average molecular weight is 458 g/mol. The van der Waals surface area contributed by atoms with Crippen LogP contribution in [0.25, 0.3) is 11.0 Å². The highest BCUT2D eigenvalue weighted by Gasteiger charge is 2.15. The number of halogens is 3. The summed E-state index contributed by atoms with van der Waals surface area (Å²) in [6.45, 7) is 0. The van der Waals surface area contributed by atoms with Gasteiger partial charge in [-0.1, -0.05) is 27.5 Å². The van der Waals surface area contributed by atoms with Gasteiger partial charge in [-0.2, -0.15) is 0 Å². The van der Waals surface area contributed by atoms with Crippen LogP contribution in [0.15, 0.2) is 54.7 Å². The second kappa shape index (κ2) is 6.43. The van der Waals surface area contributed by atoms with E-state index in [4.69, 9.17) is 16.0 Å². The summed E-state index contributed by atoms with van der Waals surface area (Å²) in [6.07, 6.45) is 1.47. The molecule has 0 unspecified atom stereocenters. The van der Waals surface area contributed by atoms with Crippen molar-refractivity contribution in [2.45, 2.75) is 0 Å². The van der Waals surface area contributed by atoms with E-state index in [0.717, 1.165) is 4.47 Å². The van der Waals surface area contributed by atoms with Crippen molar-refractivity contribution in [1.82, 2.24) is 4.98 Å². The van der Waals surface area contributed by atoms with Crippen molar-refractivity contribution in [2.75, 3.05) is 5.32 Å². The zero-order valence-electron chi connectivity index (χ0n) is 11.3. The Bertz CT molecular complexity index is 988. The molecule has 116 valence electrons. The summed E-state index contributed by atoms with van der Waals surface area (Å²) in [7, 11) is 0. The molecular formula is C15H7Br2ClN2O3. The third-order valence-corrected chi connectivity index (χ3v) is 4.35. The third kappa shape index (κ3) is 3.31. The topological polar surface area (TPSA) is 72.2 Å². The first kappa shape index (κ1) is 16.2. The molecule has 0 atom stereocenters. The van der Waals surface area contributed by atoms with Crippen LogP contribution in [0.3, 0.4) is 0 Å². The summed E-state index contributed by atoms with van der Waals surface area (Å²) < 4.78 is 6.69. The van der Waals surface area contributed by atoms with Crippen LogP contribution in [0.4, 0.5) is 5.69 Å². The minimum atomic E-state index is -0.658. The molecule has 0 aliphatic heterocycles. The third-order valence-electron chi connectivity index (χ3n) is 3.00. The number of fused-ring (bicyclic) bond motifs is 1. The number of carbonyl (C=O) groups is 1. The molecule has 23 heavy (non-hydrogen) atoms. The van der Waals surface area contributed by atoms with Crippen molar-refractivity contribution in [3.63, 3.8) is 0 Å². The fourth-order valence-electron chi connectivity index (χ4n) is 1.99. The first-order valence-corrected chi connectivity index (χ1v) is 8.27. The fraction of sp³-hybridized carbons (Fsp3) is 0. The molecule has 3 rings (SSSR count). The van der Waals surface area contributed by atoms with Gasteiger partial charge in [0, 0.05) is 16.1 Å². The quantitative estimate of drug-likeness (QED) is 0.449. The van der Waals surface area contributed by atoms with E-state index in [-0.39, 0.29) is 16.4 Å². The Morgan fingerprint density at radius 1 is 1.26 bits per heavy atom. The normalized spacial score (nSPS) is 10.7. The minimum absolute atomic E-state index is 0.0208. The monoisotopic (exact) mass is 456 g/mol. The number of hydrogen-bond acceptors (Lipinski definition) is 4. The molecule has 2 heterocycles. The lowest BCUT2D eigenvalue weighted by molar-refractivity contribution is 0.102. The highest BCUT2D eigenvalue weighted by atomic mass is 79.9. The fourth-order valence-corrected chi connectivity index (χ4v) is 3.53. The van der Waals surface area contributed by atoms with Crippen molar-refractivity contribution >= 4 is 66.0 Å². The van der Waals surface area contributed by atoms with E-state index in [1.807, 2.05) is 0 Å². The maximum Gasteiger partial charge on any atom is 0.360 e. The number of anilines is 1. The number of rotatable bonds is 2. The van der Waals surface area contributed by atoms with Gasteiger partial charge < -0.3 is 9.73 Å². The highest BCUT2D eigenvalue weighted by molar-refractivity contribution is 9.11. The van der Waals surface area contributed by atoms with E-state index in [1.165, 1.54) is 12.3 Å². The zero-order chi connectivity index (χ0) is 16.6. The van der Waals surface area contributed by atoms with Gasteiger partial charge in [0.1, 0.15) is 10.8 Å². The van der Waals surface area contributed by atoms with Gasteiger partial charge in [-0.05, 0) is 46.3 Å². The molecule has 0 saturated carbocycles. The molecule has 1 aromatic carbocycles. The van der Waals surface area contributed by atoms with E-state index < -0.39 is 11.5 Å². The predicted octanol–water partition coefficient (Wildman–Crippen LogP) is 4.62. The Labute approximate surface area is 151 Å². The van der Waals surface area contributed by atoms with E-state index >= 15 is 0 Å². The number of amides is 1. The highest BCUT2D eigenvalue weighted by Crippen LogP contribution is 2.29. The Balaban J connectivity index is 2.04. The van der Waals surface area contributed by atoms with E-state index in [0.29, 0.717) is 15.4 Å². The van der Waals surface area contributed by atoms with E-state index in [1.54, 1.807) is 24.3 Å². The molecule has 8 heteroatoms. The molecule has 0 fully saturated rings. The number of benzene rings is 1. The van der Waals surface area contributed by atoms with Gasteiger partial charge in [0.25, 0.3) is 5.91 Å². The molecule has 2 aromatic heterocycles. The number of carbonyl (C=O) groups excluding carboxylic acids is 1. The molecule has 0 saturated heterocycles. The summed E-state index contributed by atoms with van der Waals surface area (Å²) in [5.41, 5.74) is -0.0685. The van der Waals surface area contributed by atoms with Crippen LogP contribution in [-0.2, 0) is 0 Å². The van der Waals surface area contributed by atoms with Gasteiger partial charge in [-0.25, -0.2) is 9.78 Å². The Kier molecular flexibility index (Phi) is 4.52. The first-order chi connectivity index (χ1) is 11.0. The van der Waals surface area contributed by atoms with Crippen LogP contribution in [0, 0.1) is 0 Å². The number of hydrogen-bond donors (Lipinski definition) is 1. The van der Waals surface area contributed by atoms with Gasteiger partial charge in [-0.15, -0.1) is 0 Å². The predicted molar refractivity (Wildman–Crippen MR) is 95.1 cm³/mol. The second-order valence-corrected chi connectivity index (χ2v) is 6.68. The molecule has 0 spiro atoms. The maximum atomic E-state index is 12.2. The lowest BCUT2D eigenvalue weighted by Gasteiger charge is -2.07. The van der Waals surface area contributed by atoms with Crippen molar-refractivity contribution in [3.8, 4) is 0 Å². The zero-order valence-corrected chi connectivity index (χ0v) is 15.2. The Morgan fingerprint density at radius 3 is 2.78 bits per heavy atom. The Morgan fingerprint density at radius 2 is 2.04 bits per heavy atom. The molecule has 0 aliphatic rings. The molecule has 3 aromatic rings. The van der Waals surface area contributed by atoms with Gasteiger partial charge in [0.15, 0.2) is 5.58 Å². The lowest BCUT2D eigenvalue weighted by Crippen LogP contribution is -2.18. The molecule has 0 aliphatic carbocycles. The van der Waals surface area contributed by atoms with Gasteiger partial charge in [0.2, 0.25) is 0 Å². The van der Waals surface area contributed by atoms with Crippen molar-refractivity contribution in [1.29, 1.82) is 0 Å². The summed E-state index contributed by atoms with van der Waals surface area (Å²) >= 11 is 12.6. The molecule has 0 radical (unpaired) electrons. The average Bonchev–Trinajstić information content (AvgIpc) is 2.49. The van der Waals surface area contributed by atoms with Crippen LogP contribution in [0.2, 0.25) is 5.15 Å². The largest absolute Gasteiger partial charge is 0.420 e. The van der Waals surface area contributed by atoms with Crippen LogP contribution in [-0.4, -0.2) is 10.9 Å². The molecule has 1 N–H and O–H groups in total. The maximum absolute atomic E-state index is 12.2. The van der Waals surface area contributed by atoms with E-state index in [9.17, 15) is 9.59 Å². The molecule has 1 amide bonds. The number of aromatic nitrogens is 1. The summed E-state index contributed by atoms with van der Waals surface area (Å²) in [5, 5.41) is 3.21. The molecular weight excluding hydrogens is 451 g/mol. The van der Waals surface area contributed by atoms with E-state index in [2.05, 4.69) is 42.2 Å². The smallest absolute Gasteiger partial charge is 0.360 e. The summed E-state index contributed by atoms with van der Waals surface area (Å²) in [5.74, 6) is -0.538. The van der Waals surface area contributed by atoms with Gasteiger partial charge in [-0.3, -0.25) is 4.79 Å². The minimum Gasteiger partial charge on any atom is -0.420 e. The molecule has 0 bridgehead atoms. The van der Waals surface area contributed by atoms with Gasteiger partial charge >= 0.3 is 5.63 Å². The molecule has 5 nitrogen and oxygen atoms in total. The number of nitrogens with zero attached hydrogens (tertiary/aromatic N) is 1. The summed E-state index contributed by atoms with van der Waals surface area (Å²) in [4.78, 5) is 28.1.